The molecule has 0 aliphatic rings. The molecular formula is C23H28ClN3O2. The quantitative estimate of drug-likeness (QED) is 0.502. The fourth-order valence-electron chi connectivity index (χ4n) is 3.09. The second kappa shape index (κ2) is 10.8. The van der Waals surface area contributed by atoms with E-state index in [4.69, 9.17) is 10.5 Å². The Hall–Kier alpha value is -2.63. The molecule has 2 aromatic carbocycles. The van der Waals surface area contributed by atoms with Crippen molar-refractivity contribution in [2.45, 2.75) is 33.2 Å². The Kier molecular flexibility index (Phi) is 8.43. The third kappa shape index (κ3) is 6.44. The van der Waals surface area contributed by atoms with Gasteiger partial charge in [0, 0.05) is 18.0 Å². The minimum Gasteiger partial charge on any atom is -0.438 e. The van der Waals surface area contributed by atoms with E-state index in [9.17, 15) is 4.79 Å². The van der Waals surface area contributed by atoms with Crippen LogP contribution in [0.15, 0.2) is 54.6 Å². The van der Waals surface area contributed by atoms with Crippen LogP contribution < -0.4 is 15.8 Å². The number of nitrogens with two attached hydrogens (primary N) is 1. The van der Waals surface area contributed by atoms with Gasteiger partial charge in [-0.2, -0.15) is 0 Å². The minimum atomic E-state index is -0.413. The number of primary amides is 1. The second-order valence-corrected chi connectivity index (χ2v) is 7.34. The van der Waals surface area contributed by atoms with E-state index < -0.39 is 5.91 Å². The average Bonchev–Trinajstić information content (AvgIpc) is 2.66. The maximum absolute atomic E-state index is 11.1. The number of carbonyl (C=O) groups is 1. The van der Waals surface area contributed by atoms with Gasteiger partial charge in [-0.25, -0.2) is 4.98 Å². The normalized spacial score (nSPS) is 10.7. The summed E-state index contributed by atoms with van der Waals surface area (Å²) in [4.78, 5) is 15.5. The highest BCUT2D eigenvalue weighted by Gasteiger charge is 2.09. The predicted octanol–water partition coefficient (Wildman–Crippen LogP) is 4.61. The number of benzene rings is 2. The molecular weight excluding hydrogens is 386 g/mol. The number of amides is 1. The SMILES string of the molecule is CC(C)CCNCc1ccc(Oc2cccc(CC(N)=O)n2)c2ccccc12.Cl. The van der Waals surface area contributed by atoms with Gasteiger partial charge in [0.25, 0.3) is 0 Å². The topological polar surface area (TPSA) is 77.2 Å². The first-order chi connectivity index (χ1) is 13.5. The first kappa shape index (κ1) is 22.7. The highest BCUT2D eigenvalue weighted by atomic mass is 35.5. The van der Waals surface area contributed by atoms with Crippen LogP contribution in [0, 0.1) is 5.92 Å². The van der Waals surface area contributed by atoms with Crippen molar-refractivity contribution in [3.8, 4) is 11.6 Å². The largest absolute Gasteiger partial charge is 0.438 e. The van der Waals surface area contributed by atoms with Gasteiger partial charge >= 0.3 is 0 Å². The van der Waals surface area contributed by atoms with Crippen molar-refractivity contribution in [3.05, 3.63) is 65.9 Å². The summed E-state index contributed by atoms with van der Waals surface area (Å²) in [6.45, 7) is 6.28. The molecule has 0 bridgehead atoms. The van der Waals surface area contributed by atoms with Crippen molar-refractivity contribution in [3.63, 3.8) is 0 Å². The lowest BCUT2D eigenvalue weighted by molar-refractivity contribution is -0.117. The van der Waals surface area contributed by atoms with E-state index >= 15 is 0 Å². The van der Waals surface area contributed by atoms with Crippen molar-refractivity contribution in [2.24, 2.45) is 11.7 Å². The molecule has 0 aliphatic carbocycles. The molecule has 0 atom stereocenters. The van der Waals surface area contributed by atoms with Gasteiger partial charge in [0.1, 0.15) is 5.75 Å². The monoisotopic (exact) mass is 413 g/mol. The van der Waals surface area contributed by atoms with Crippen molar-refractivity contribution in [1.82, 2.24) is 10.3 Å². The Balaban J connectivity index is 0.00000300. The first-order valence-electron chi connectivity index (χ1n) is 9.66. The van der Waals surface area contributed by atoms with Gasteiger partial charge in [0.05, 0.1) is 12.1 Å². The van der Waals surface area contributed by atoms with E-state index in [0.717, 1.165) is 36.0 Å². The molecule has 6 heteroatoms. The van der Waals surface area contributed by atoms with Crippen LogP contribution in [-0.4, -0.2) is 17.4 Å². The molecule has 3 N–H and O–H groups in total. The Morgan fingerprint density at radius 1 is 1.07 bits per heavy atom. The summed E-state index contributed by atoms with van der Waals surface area (Å²) in [5.41, 5.74) is 7.09. The summed E-state index contributed by atoms with van der Waals surface area (Å²) in [5, 5.41) is 5.72. The van der Waals surface area contributed by atoms with Gasteiger partial charge in [-0.1, -0.05) is 50.2 Å². The van der Waals surface area contributed by atoms with E-state index in [1.807, 2.05) is 24.3 Å². The van der Waals surface area contributed by atoms with Crippen molar-refractivity contribution >= 4 is 29.1 Å². The van der Waals surface area contributed by atoms with Crippen LogP contribution in [0.3, 0.4) is 0 Å². The number of hydrogen-bond donors (Lipinski definition) is 2. The van der Waals surface area contributed by atoms with Crippen LogP contribution >= 0.6 is 12.4 Å². The highest BCUT2D eigenvalue weighted by Crippen LogP contribution is 2.31. The number of halogens is 1. The third-order valence-corrected chi connectivity index (χ3v) is 4.54. The molecule has 0 radical (unpaired) electrons. The van der Waals surface area contributed by atoms with E-state index in [-0.39, 0.29) is 18.8 Å². The molecule has 1 aromatic heterocycles. The van der Waals surface area contributed by atoms with E-state index in [1.165, 1.54) is 5.56 Å². The summed E-state index contributed by atoms with van der Waals surface area (Å²) in [6.07, 6.45) is 1.26. The molecule has 1 heterocycles. The number of rotatable bonds is 9. The summed E-state index contributed by atoms with van der Waals surface area (Å²) in [6, 6.07) is 17.6. The Labute approximate surface area is 178 Å². The average molecular weight is 414 g/mol. The standard InChI is InChI=1S/C23H27N3O2.ClH/c1-16(2)12-13-25-15-17-10-11-21(20-8-4-3-7-19(17)20)28-23-9-5-6-18(26-23)14-22(24)27;/h3-11,16,25H,12-15H2,1-2H3,(H2,24,27);1H. The van der Waals surface area contributed by atoms with Crippen LogP contribution in [0.5, 0.6) is 11.6 Å². The third-order valence-electron chi connectivity index (χ3n) is 4.54. The summed E-state index contributed by atoms with van der Waals surface area (Å²) in [7, 11) is 0. The predicted molar refractivity (Wildman–Crippen MR) is 120 cm³/mol. The van der Waals surface area contributed by atoms with Crippen LogP contribution in [0.4, 0.5) is 0 Å². The fourth-order valence-corrected chi connectivity index (χ4v) is 3.09. The molecule has 0 unspecified atom stereocenters. The maximum Gasteiger partial charge on any atom is 0.223 e. The lowest BCUT2D eigenvalue weighted by Gasteiger charge is -2.13. The molecule has 1 amide bonds. The zero-order valence-electron chi connectivity index (χ0n) is 16.9. The molecule has 3 aromatic rings. The van der Waals surface area contributed by atoms with Gasteiger partial charge in [-0.15, -0.1) is 12.4 Å². The van der Waals surface area contributed by atoms with Crippen LogP contribution in [0.1, 0.15) is 31.5 Å². The molecule has 0 spiro atoms. The number of hydrogen-bond acceptors (Lipinski definition) is 4. The highest BCUT2D eigenvalue weighted by molar-refractivity contribution is 5.91. The van der Waals surface area contributed by atoms with Crippen LogP contribution in [0.25, 0.3) is 10.8 Å². The zero-order valence-corrected chi connectivity index (χ0v) is 17.7. The number of carbonyl (C=O) groups excluding carboxylic acids is 1. The maximum atomic E-state index is 11.1. The number of aromatic nitrogens is 1. The summed E-state index contributed by atoms with van der Waals surface area (Å²) in [5.74, 6) is 1.47. The van der Waals surface area contributed by atoms with Crippen molar-refractivity contribution < 1.29 is 9.53 Å². The Bertz CT molecular complexity index is 960. The van der Waals surface area contributed by atoms with Gasteiger partial charge < -0.3 is 15.8 Å². The molecule has 29 heavy (non-hydrogen) atoms. The van der Waals surface area contributed by atoms with Crippen LogP contribution in [-0.2, 0) is 17.8 Å². The molecule has 0 saturated heterocycles. The van der Waals surface area contributed by atoms with Crippen LogP contribution in [0.2, 0.25) is 0 Å². The number of pyridine rings is 1. The Morgan fingerprint density at radius 2 is 1.83 bits per heavy atom. The molecule has 0 aliphatic heterocycles. The van der Waals surface area contributed by atoms with E-state index in [2.05, 4.69) is 42.3 Å². The van der Waals surface area contributed by atoms with Gasteiger partial charge in [-0.3, -0.25) is 4.79 Å². The summed E-state index contributed by atoms with van der Waals surface area (Å²) >= 11 is 0. The fraction of sp³-hybridized carbons (Fsp3) is 0.304. The van der Waals surface area contributed by atoms with Gasteiger partial charge in [-0.05, 0) is 42.0 Å². The smallest absolute Gasteiger partial charge is 0.223 e. The summed E-state index contributed by atoms with van der Waals surface area (Å²) < 4.78 is 6.04. The van der Waals surface area contributed by atoms with Crippen molar-refractivity contribution in [2.75, 3.05) is 6.54 Å². The number of nitrogens with zero attached hydrogens (tertiary/aromatic N) is 1. The second-order valence-electron chi connectivity index (χ2n) is 7.34. The molecule has 5 nitrogen and oxygen atoms in total. The number of nitrogens with one attached hydrogen (secondary N) is 1. The van der Waals surface area contributed by atoms with E-state index in [1.54, 1.807) is 12.1 Å². The first-order valence-corrected chi connectivity index (χ1v) is 9.66. The molecule has 0 fully saturated rings. The lowest BCUT2D eigenvalue weighted by Crippen LogP contribution is -2.16. The number of ether oxygens (including phenoxy) is 1. The zero-order chi connectivity index (χ0) is 19.9. The molecule has 3 rings (SSSR count). The van der Waals surface area contributed by atoms with Gasteiger partial charge in [0.2, 0.25) is 11.8 Å². The minimum absolute atomic E-state index is 0. The van der Waals surface area contributed by atoms with Crippen molar-refractivity contribution in [1.29, 1.82) is 0 Å². The molecule has 0 saturated carbocycles. The lowest BCUT2D eigenvalue weighted by atomic mass is 10.0. The van der Waals surface area contributed by atoms with Gasteiger partial charge in [0.15, 0.2) is 0 Å². The van der Waals surface area contributed by atoms with E-state index in [0.29, 0.717) is 17.5 Å². The molecule has 154 valence electrons. The number of fused-ring (bicyclic) bond motifs is 1. The Morgan fingerprint density at radius 3 is 2.55 bits per heavy atom.